The van der Waals surface area contributed by atoms with Crippen molar-refractivity contribution in [1.29, 1.82) is 5.26 Å². The van der Waals surface area contributed by atoms with E-state index in [1.807, 2.05) is 12.1 Å². The summed E-state index contributed by atoms with van der Waals surface area (Å²) in [5.41, 5.74) is 1.00. The summed E-state index contributed by atoms with van der Waals surface area (Å²) in [6.45, 7) is 6.54. The first kappa shape index (κ1) is 10.9. The van der Waals surface area contributed by atoms with E-state index in [9.17, 15) is 0 Å². The van der Waals surface area contributed by atoms with Gasteiger partial charge in [-0.05, 0) is 30.4 Å². The summed E-state index contributed by atoms with van der Waals surface area (Å²) in [5.74, 6) is 0.845. The van der Waals surface area contributed by atoms with E-state index in [1.165, 1.54) is 12.8 Å². The number of hydrogen-bond acceptors (Lipinski definition) is 3. The Hall–Kier alpha value is -1.56. The fraction of sp³-hybridized carbons (Fsp3) is 0.538. The van der Waals surface area contributed by atoms with Gasteiger partial charge in [0, 0.05) is 19.3 Å². The SMILES string of the molecule is CC1(C)CCCN(c2ncccc2C#N)C1. The van der Waals surface area contributed by atoms with Gasteiger partial charge in [-0.2, -0.15) is 5.26 Å². The maximum absolute atomic E-state index is 9.06. The van der Waals surface area contributed by atoms with Crippen molar-refractivity contribution in [3.63, 3.8) is 0 Å². The Morgan fingerprint density at radius 1 is 1.50 bits per heavy atom. The van der Waals surface area contributed by atoms with E-state index >= 15 is 0 Å². The molecule has 2 rings (SSSR count). The second-order valence-corrected chi connectivity index (χ2v) is 5.18. The number of pyridine rings is 1. The van der Waals surface area contributed by atoms with Crippen LogP contribution < -0.4 is 4.90 Å². The summed E-state index contributed by atoms with van der Waals surface area (Å²) in [7, 11) is 0. The van der Waals surface area contributed by atoms with Gasteiger partial charge in [0.25, 0.3) is 0 Å². The molecule has 1 aromatic rings. The molecular weight excluding hydrogens is 198 g/mol. The van der Waals surface area contributed by atoms with Gasteiger partial charge in [0.2, 0.25) is 0 Å². The zero-order chi connectivity index (χ0) is 11.6. The molecule has 0 aliphatic carbocycles. The van der Waals surface area contributed by atoms with Crippen molar-refractivity contribution in [2.45, 2.75) is 26.7 Å². The third-order valence-electron chi connectivity index (χ3n) is 3.11. The molecule has 1 saturated heterocycles. The van der Waals surface area contributed by atoms with Crippen molar-refractivity contribution in [3.05, 3.63) is 23.9 Å². The second kappa shape index (κ2) is 4.13. The number of anilines is 1. The Bertz CT molecular complexity index is 417. The third-order valence-corrected chi connectivity index (χ3v) is 3.11. The molecule has 0 bridgehead atoms. The molecular formula is C13H17N3. The highest BCUT2D eigenvalue weighted by atomic mass is 15.2. The fourth-order valence-electron chi connectivity index (χ4n) is 2.34. The fourth-order valence-corrected chi connectivity index (χ4v) is 2.34. The standard InChI is InChI=1S/C13H17N3/c1-13(2)6-4-8-16(10-13)12-11(9-14)5-3-7-15-12/h3,5,7H,4,6,8,10H2,1-2H3. The highest BCUT2D eigenvalue weighted by Crippen LogP contribution is 2.31. The molecule has 0 N–H and O–H groups in total. The number of nitrogens with zero attached hydrogens (tertiary/aromatic N) is 3. The molecule has 3 heteroatoms. The molecule has 0 radical (unpaired) electrons. The summed E-state index contributed by atoms with van der Waals surface area (Å²) in [6, 6.07) is 5.87. The topological polar surface area (TPSA) is 39.9 Å². The zero-order valence-electron chi connectivity index (χ0n) is 9.90. The maximum Gasteiger partial charge on any atom is 0.146 e. The van der Waals surface area contributed by atoms with Gasteiger partial charge >= 0.3 is 0 Å². The number of piperidine rings is 1. The van der Waals surface area contributed by atoms with Crippen molar-refractivity contribution in [2.24, 2.45) is 5.41 Å². The van der Waals surface area contributed by atoms with Crippen molar-refractivity contribution < 1.29 is 0 Å². The van der Waals surface area contributed by atoms with Crippen LogP contribution >= 0.6 is 0 Å². The van der Waals surface area contributed by atoms with Gasteiger partial charge in [0.1, 0.15) is 11.9 Å². The van der Waals surface area contributed by atoms with Crippen LogP contribution in [0.2, 0.25) is 0 Å². The highest BCUT2D eigenvalue weighted by molar-refractivity contribution is 5.53. The summed E-state index contributed by atoms with van der Waals surface area (Å²) in [4.78, 5) is 6.58. The van der Waals surface area contributed by atoms with Crippen molar-refractivity contribution >= 4 is 5.82 Å². The summed E-state index contributed by atoms with van der Waals surface area (Å²) < 4.78 is 0. The maximum atomic E-state index is 9.06. The van der Waals surface area contributed by atoms with Gasteiger partial charge in [-0.25, -0.2) is 4.98 Å². The van der Waals surface area contributed by atoms with Crippen LogP contribution in [-0.4, -0.2) is 18.1 Å². The molecule has 1 aliphatic heterocycles. The predicted molar refractivity (Wildman–Crippen MR) is 64.2 cm³/mol. The van der Waals surface area contributed by atoms with Crippen molar-refractivity contribution in [3.8, 4) is 6.07 Å². The lowest BCUT2D eigenvalue weighted by Gasteiger charge is -2.38. The molecule has 2 heterocycles. The Balaban J connectivity index is 2.27. The minimum atomic E-state index is 0.322. The minimum absolute atomic E-state index is 0.322. The van der Waals surface area contributed by atoms with Crippen LogP contribution in [0.25, 0.3) is 0 Å². The Kier molecular flexibility index (Phi) is 2.82. The molecule has 16 heavy (non-hydrogen) atoms. The molecule has 0 saturated carbocycles. The first-order valence-electron chi connectivity index (χ1n) is 5.72. The lowest BCUT2D eigenvalue weighted by molar-refractivity contribution is 0.292. The van der Waals surface area contributed by atoms with E-state index in [1.54, 1.807) is 6.20 Å². The molecule has 3 nitrogen and oxygen atoms in total. The Morgan fingerprint density at radius 2 is 2.31 bits per heavy atom. The molecule has 1 aromatic heterocycles. The first-order valence-corrected chi connectivity index (χ1v) is 5.72. The third kappa shape index (κ3) is 2.16. The lowest BCUT2D eigenvalue weighted by atomic mass is 9.84. The van der Waals surface area contributed by atoms with E-state index in [0.717, 1.165) is 18.9 Å². The van der Waals surface area contributed by atoms with E-state index in [4.69, 9.17) is 5.26 Å². The van der Waals surface area contributed by atoms with E-state index in [-0.39, 0.29) is 0 Å². The molecule has 84 valence electrons. The predicted octanol–water partition coefficient (Wildman–Crippen LogP) is 2.58. The molecule has 0 amide bonds. The monoisotopic (exact) mass is 215 g/mol. The van der Waals surface area contributed by atoms with Gasteiger partial charge in [-0.1, -0.05) is 13.8 Å². The summed E-state index contributed by atoms with van der Waals surface area (Å²) >= 11 is 0. The molecule has 0 aromatic carbocycles. The van der Waals surface area contributed by atoms with Gasteiger partial charge in [0.15, 0.2) is 0 Å². The van der Waals surface area contributed by atoms with Gasteiger partial charge in [0.05, 0.1) is 5.56 Å². The van der Waals surface area contributed by atoms with Crippen molar-refractivity contribution in [1.82, 2.24) is 4.98 Å². The molecule has 0 spiro atoms. The van der Waals surface area contributed by atoms with Crippen LogP contribution in [0.5, 0.6) is 0 Å². The summed E-state index contributed by atoms with van der Waals surface area (Å²) in [5, 5.41) is 9.06. The van der Waals surface area contributed by atoms with Gasteiger partial charge < -0.3 is 4.90 Å². The first-order chi connectivity index (χ1) is 7.62. The molecule has 0 atom stereocenters. The second-order valence-electron chi connectivity index (χ2n) is 5.18. The van der Waals surface area contributed by atoms with E-state index in [0.29, 0.717) is 11.0 Å². The largest absolute Gasteiger partial charge is 0.355 e. The van der Waals surface area contributed by atoms with Crippen molar-refractivity contribution in [2.75, 3.05) is 18.0 Å². The number of nitriles is 1. The molecule has 1 fully saturated rings. The number of hydrogen-bond donors (Lipinski definition) is 0. The zero-order valence-corrected chi connectivity index (χ0v) is 9.90. The molecule has 1 aliphatic rings. The Morgan fingerprint density at radius 3 is 3.00 bits per heavy atom. The normalized spacial score (nSPS) is 19.2. The van der Waals surface area contributed by atoms with E-state index in [2.05, 4.69) is 29.8 Å². The van der Waals surface area contributed by atoms with Crippen LogP contribution in [-0.2, 0) is 0 Å². The van der Waals surface area contributed by atoms with Crippen LogP contribution in [0.4, 0.5) is 5.82 Å². The van der Waals surface area contributed by atoms with Crippen LogP contribution in [0.3, 0.4) is 0 Å². The minimum Gasteiger partial charge on any atom is -0.355 e. The molecule has 0 unspecified atom stereocenters. The average molecular weight is 215 g/mol. The van der Waals surface area contributed by atoms with Crippen LogP contribution in [0.15, 0.2) is 18.3 Å². The quantitative estimate of drug-likeness (QED) is 0.723. The lowest BCUT2D eigenvalue weighted by Crippen LogP contribution is -2.40. The van der Waals surface area contributed by atoms with Gasteiger partial charge in [-0.3, -0.25) is 0 Å². The van der Waals surface area contributed by atoms with Gasteiger partial charge in [-0.15, -0.1) is 0 Å². The smallest absolute Gasteiger partial charge is 0.146 e. The average Bonchev–Trinajstić information content (AvgIpc) is 2.27. The Labute approximate surface area is 96.7 Å². The van der Waals surface area contributed by atoms with Crippen LogP contribution in [0.1, 0.15) is 32.3 Å². The highest BCUT2D eigenvalue weighted by Gasteiger charge is 2.27. The number of rotatable bonds is 1. The van der Waals surface area contributed by atoms with E-state index < -0.39 is 0 Å². The summed E-state index contributed by atoms with van der Waals surface area (Å²) in [6.07, 6.45) is 4.18. The number of aromatic nitrogens is 1. The van der Waals surface area contributed by atoms with Crippen LogP contribution in [0, 0.1) is 16.7 Å².